The summed E-state index contributed by atoms with van der Waals surface area (Å²) in [4.78, 5) is 0. The summed E-state index contributed by atoms with van der Waals surface area (Å²) in [7, 11) is 0. The average molecular weight is 233 g/mol. The fourth-order valence-electron chi connectivity index (χ4n) is 1.71. The van der Waals surface area contributed by atoms with Gasteiger partial charge in [-0.25, -0.2) is 0 Å². The normalized spacial score (nSPS) is 12.6. The number of likely N-dealkylation sites (N-methyl/N-ethyl adjacent to an activating group) is 1. The van der Waals surface area contributed by atoms with Crippen LogP contribution in [0.15, 0.2) is 35.3 Å². The van der Waals surface area contributed by atoms with Gasteiger partial charge in [0.1, 0.15) is 0 Å². The molecular weight excluding hydrogens is 218 g/mol. The molecule has 2 heterocycles. The minimum absolute atomic E-state index is 0.329. The Morgan fingerprint density at radius 3 is 2.94 bits per heavy atom. The van der Waals surface area contributed by atoms with Crippen molar-refractivity contribution >= 4 is 11.3 Å². The Bertz CT molecular complexity index is 399. The van der Waals surface area contributed by atoms with Gasteiger partial charge in [-0.2, -0.15) is 21.5 Å². The molecule has 0 saturated heterocycles. The van der Waals surface area contributed by atoms with Gasteiger partial charge in [0, 0.05) is 12.2 Å². The van der Waals surface area contributed by atoms with Crippen molar-refractivity contribution in [3.05, 3.63) is 46.4 Å². The fraction of sp³-hybridized carbons (Fsp3) is 0.333. The van der Waals surface area contributed by atoms with E-state index in [1.165, 1.54) is 11.1 Å². The van der Waals surface area contributed by atoms with Gasteiger partial charge in [-0.15, -0.1) is 0 Å². The first-order valence-electron chi connectivity index (χ1n) is 5.41. The lowest BCUT2D eigenvalue weighted by Gasteiger charge is -2.16. The molecule has 1 unspecified atom stereocenters. The monoisotopic (exact) mass is 233 g/mol. The fourth-order valence-corrected chi connectivity index (χ4v) is 2.39. The Morgan fingerprint density at radius 2 is 2.31 bits per heavy atom. The van der Waals surface area contributed by atoms with Crippen LogP contribution in [0.4, 0.5) is 0 Å². The summed E-state index contributed by atoms with van der Waals surface area (Å²) in [6.07, 6.45) is 4.58. The third-order valence-corrected chi connectivity index (χ3v) is 3.21. The van der Waals surface area contributed by atoms with Crippen LogP contribution in [0.3, 0.4) is 0 Å². The van der Waals surface area contributed by atoms with Crippen LogP contribution < -0.4 is 5.32 Å². The highest BCUT2D eigenvalue weighted by molar-refractivity contribution is 7.07. The van der Waals surface area contributed by atoms with Crippen molar-refractivity contribution in [2.75, 3.05) is 6.54 Å². The number of rotatable bonds is 5. The van der Waals surface area contributed by atoms with Crippen LogP contribution in [-0.2, 0) is 6.42 Å². The topological polar surface area (TPSA) is 37.8 Å². The Kier molecular flexibility index (Phi) is 4.02. The molecule has 0 amide bonds. The van der Waals surface area contributed by atoms with Crippen LogP contribution in [0, 0.1) is 0 Å². The van der Waals surface area contributed by atoms with E-state index in [0.29, 0.717) is 6.04 Å². The van der Waals surface area contributed by atoms with Crippen LogP contribution in [-0.4, -0.2) is 16.7 Å². The summed E-state index contributed by atoms with van der Waals surface area (Å²) >= 11 is 1.74. The molecule has 0 saturated carbocycles. The number of aromatic nitrogens is 2. The van der Waals surface area contributed by atoms with Crippen LogP contribution in [0.5, 0.6) is 0 Å². The van der Waals surface area contributed by atoms with E-state index in [-0.39, 0.29) is 0 Å². The van der Waals surface area contributed by atoms with Gasteiger partial charge in [0.05, 0.1) is 6.20 Å². The summed E-state index contributed by atoms with van der Waals surface area (Å²) in [6.45, 7) is 3.08. The molecule has 0 spiro atoms. The highest BCUT2D eigenvalue weighted by Gasteiger charge is 2.11. The lowest BCUT2D eigenvalue weighted by molar-refractivity contribution is 0.547. The number of thiophene rings is 1. The van der Waals surface area contributed by atoms with E-state index in [4.69, 9.17) is 0 Å². The van der Waals surface area contributed by atoms with Crippen LogP contribution in [0.2, 0.25) is 0 Å². The second kappa shape index (κ2) is 5.72. The second-order valence-electron chi connectivity index (χ2n) is 3.62. The minimum atomic E-state index is 0.329. The third kappa shape index (κ3) is 2.87. The first kappa shape index (κ1) is 11.2. The van der Waals surface area contributed by atoms with Gasteiger partial charge in [0.2, 0.25) is 0 Å². The molecule has 0 aliphatic heterocycles. The van der Waals surface area contributed by atoms with E-state index < -0.39 is 0 Å². The van der Waals surface area contributed by atoms with Crippen molar-refractivity contribution in [2.45, 2.75) is 19.4 Å². The maximum atomic E-state index is 3.93. The van der Waals surface area contributed by atoms with Crippen molar-refractivity contribution < 1.29 is 0 Å². The van der Waals surface area contributed by atoms with Gasteiger partial charge in [0.15, 0.2) is 0 Å². The van der Waals surface area contributed by atoms with E-state index >= 15 is 0 Å². The Balaban J connectivity index is 2.11. The lowest BCUT2D eigenvalue weighted by Crippen LogP contribution is -2.23. The summed E-state index contributed by atoms with van der Waals surface area (Å²) < 4.78 is 0. The third-order valence-electron chi connectivity index (χ3n) is 2.48. The smallest absolute Gasteiger partial charge is 0.0544 e. The number of nitrogens with one attached hydrogen (secondary N) is 1. The Hall–Kier alpha value is -1.26. The van der Waals surface area contributed by atoms with E-state index in [9.17, 15) is 0 Å². The predicted molar refractivity (Wildman–Crippen MR) is 66.5 cm³/mol. The quantitative estimate of drug-likeness (QED) is 0.862. The van der Waals surface area contributed by atoms with Crippen molar-refractivity contribution in [1.29, 1.82) is 0 Å². The molecule has 84 valence electrons. The zero-order valence-electron chi connectivity index (χ0n) is 9.26. The summed E-state index contributed by atoms with van der Waals surface area (Å²) in [5, 5.41) is 15.5. The van der Waals surface area contributed by atoms with Crippen molar-refractivity contribution in [3.63, 3.8) is 0 Å². The Labute approximate surface area is 99.5 Å². The van der Waals surface area contributed by atoms with Gasteiger partial charge >= 0.3 is 0 Å². The van der Waals surface area contributed by atoms with Gasteiger partial charge in [-0.05, 0) is 47.0 Å². The van der Waals surface area contributed by atoms with Crippen LogP contribution in [0.25, 0.3) is 0 Å². The highest BCUT2D eigenvalue weighted by Crippen LogP contribution is 2.18. The first-order chi connectivity index (χ1) is 7.90. The molecule has 0 fully saturated rings. The molecule has 0 radical (unpaired) electrons. The molecule has 2 aromatic rings. The van der Waals surface area contributed by atoms with Gasteiger partial charge in [-0.3, -0.25) is 0 Å². The molecule has 4 heteroatoms. The largest absolute Gasteiger partial charge is 0.310 e. The molecule has 0 bridgehead atoms. The maximum Gasteiger partial charge on any atom is 0.0544 e. The zero-order chi connectivity index (χ0) is 11.2. The summed E-state index contributed by atoms with van der Waals surface area (Å²) in [6, 6.07) is 4.52. The van der Waals surface area contributed by atoms with Crippen molar-refractivity contribution in [1.82, 2.24) is 15.5 Å². The molecule has 0 aromatic carbocycles. The van der Waals surface area contributed by atoms with Gasteiger partial charge in [0.25, 0.3) is 0 Å². The predicted octanol–water partition coefficient (Wildman–Crippen LogP) is 2.43. The minimum Gasteiger partial charge on any atom is -0.310 e. The Morgan fingerprint density at radius 1 is 1.38 bits per heavy atom. The molecule has 16 heavy (non-hydrogen) atoms. The summed E-state index contributed by atoms with van der Waals surface area (Å²) in [5.41, 5.74) is 2.57. The molecule has 2 rings (SSSR count). The molecule has 1 N–H and O–H groups in total. The van der Waals surface area contributed by atoms with Crippen LogP contribution in [0.1, 0.15) is 24.1 Å². The van der Waals surface area contributed by atoms with E-state index in [1.807, 2.05) is 12.3 Å². The molecule has 0 aliphatic carbocycles. The van der Waals surface area contributed by atoms with Gasteiger partial charge in [-0.1, -0.05) is 6.92 Å². The van der Waals surface area contributed by atoms with Crippen LogP contribution >= 0.6 is 11.3 Å². The number of hydrogen-bond donors (Lipinski definition) is 1. The molecule has 3 nitrogen and oxygen atoms in total. The number of hydrogen-bond acceptors (Lipinski definition) is 4. The first-order valence-corrected chi connectivity index (χ1v) is 6.35. The lowest BCUT2D eigenvalue weighted by atomic mass is 10.0. The van der Waals surface area contributed by atoms with E-state index in [2.05, 4.69) is 39.3 Å². The molecule has 0 aliphatic rings. The van der Waals surface area contributed by atoms with Crippen molar-refractivity contribution in [2.24, 2.45) is 0 Å². The van der Waals surface area contributed by atoms with E-state index in [0.717, 1.165) is 13.0 Å². The van der Waals surface area contributed by atoms with Crippen molar-refractivity contribution in [3.8, 4) is 0 Å². The molecular formula is C12H15N3S. The zero-order valence-corrected chi connectivity index (χ0v) is 10.1. The van der Waals surface area contributed by atoms with E-state index in [1.54, 1.807) is 17.5 Å². The van der Waals surface area contributed by atoms with Gasteiger partial charge < -0.3 is 5.32 Å². The second-order valence-corrected chi connectivity index (χ2v) is 4.40. The molecule has 1 atom stereocenters. The average Bonchev–Trinajstić information content (AvgIpc) is 2.83. The SMILES string of the molecule is CCNC(Cc1ccsc1)c1ccnnc1. The maximum absolute atomic E-state index is 3.93. The molecule has 2 aromatic heterocycles. The number of nitrogens with zero attached hydrogens (tertiary/aromatic N) is 2. The highest BCUT2D eigenvalue weighted by atomic mass is 32.1. The standard InChI is InChI=1S/C12H15N3S/c1-2-13-12(7-10-4-6-16-9-10)11-3-5-14-15-8-11/h3-6,8-9,12-13H,2,7H2,1H3. The summed E-state index contributed by atoms with van der Waals surface area (Å²) in [5.74, 6) is 0.